The third-order valence-electron chi connectivity index (χ3n) is 5.09. The second-order valence-electron chi connectivity index (χ2n) is 8.80. The van der Waals surface area contributed by atoms with Gasteiger partial charge in [-0.15, -0.1) is 0 Å². The van der Waals surface area contributed by atoms with Crippen LogP contribution in [-0.4, -0.2) is 66.7 Å². The van der Waals surface area contributed by atoms with Crippen LogP contribution in [0.2, 0.25) is 0 Å². The summed E-state index contributed by atoms with van der Waals surface area (Å²) in [5, 5.41) is 3.44. The number of rotatable bonds is 3. The summed E-state index contributed by atoms with van der Waals surface area (Å²) in [6.07, 6.45) is 4.43. The lowest BCUT2D eigenvalue weighted by Crippen LogP contribution is -2.46. The van der Waals surface area contributed by atoms with Gasteiger partial charge in [0.1, 0.15) is 5.60 Å². The molecule has 1 unspecified atom stereocenters. The number of nitrogens with zero attached hydrogens (tertiary/aromatic N) is 3. The van der Waals surface area contributed by atoms with Gasteiger partial charge in [0.25, 0.3) is 0 Å². The number of amides is 1. The average molecular weight is 367 g/mol. The van der Waals surface area contributed by atoms with Crippen molar-refractivity contribution in [2.75, 3.05) is 39.3 Å². The Bertz CT molecular complexity index is 479. The summed E-state index contributed by atoms with van der Waals surface area (Å²) < 4.78 is 5.53. The van der Waals surface area contributed by atoms with Crippen LogP contribution in [-0.2, 0) is 4.74 Å². The molecule has 0 aromatic carbocycles. The maximum absolute atomic E-state index is 12.3. The zero-order chi connectivity index (χ0) is 19.2. The molecule has 0 bridgehead atoms. The molecule has 150 valence electrons. The van der Waals surface area contributed by atoms with Crippen LogP contribution < -0.4 is 5.32 Å². The number of carbonyl (C=O) groups is 1. The van der Waals surface area contributed by atoms with Crippen LogP contribution in [0.25, 0.3) is 0 Å². The molecule has 1 amide bonds. The molecule has 0 radical (unpaired) electrons. The molecular formula is C20H38N4O2. The van der Waals surface area contributed by atoms with Crippen LogP contribution in [0.5, 0.6) is 0 Å². The largest absolute Gasteiger partial charge is 0.444 e. The molecule has 6 nitrogen and oxygen atoms in total. The van der Waals surface area contributed by atoms with Crippen LogP contribution in [0.15, 0.2) is 4.99 Å². The molecule has 1 N–H and O–H groups in total. The smallest absolute Gasteiger partial charge is 0.410 e. The topological polar surface area (TPSA) is 57.2 Å². The van der Waals surface area contributed by atoms with Gasteiger partial charge in [-0.1, -0.05) is 6.92 Å². The Labute approximate surface area is 159 Å². The highest BCUT2D eigenvalue weighted by Crippen LogP contribution is 2.20. The zero-order valence-electron chi connectivity index (χ0n) is 17.4. The molecule has 0 spiro atoms. The van der Waals surface area contributed by atoms with Gasteiger partial charge in [0, 0.05) is 39.3 Å². The first-order valence-corrected chi connectivity index (χ1v) is 10.3. The highest BCUT2D eigenvalue weighted by molar-refractivity contribution is 5.80. The maximum atomic E-state index is 12.3. The van der Waals surface area contributed by atoms with Crippen LogP contribution in [0.4, 0.5) is 4.79 Å². The SMILES string of the molecule is CCNC(=NCC1CCCN(C(=O)OC(C)(C)C)C1)N1CCC(C)CC1. The van der Waals surface area contributed by atoms with Crippen molar-refractivity contribution in [2.24, 2.45) is 16.8 Å². The van der Waals surface area contributed by atoms with Gasteiger partial charge in [-0.05, 0) is 65.2 Å². The number of nitrogens with one attached hydrogen (secondary N) is 1. The number of carbonyl (C=O) groups excluding carboxylic acids is 1. The van der Waals surface area contributed by atoms with Gasteiger partial charge in [0.15, 0.2) is 5.96 Å². The molecule has 6 heteroatoms. The molecule has 2 aliphatic heterocycles. The van der Waals surface area contributed by atoms with E-state index in [0.29, 0.717) is 5.92 Å². The van der Waals surface area contributed by atoms with Crippen molar-refractivity contribution in [2.45, 2.75) is 65.9 Å². The summed E-state index contributed by atoms with van der Waals surface area (Å²) in [7, 11) is 0. The maximum Gasteiger partial charge on any atom is 0.410 e. The third-order valence-corrected chi connectivity index (χ3v) is 5.09. The molecule has 2 saturated heterocycles. The lowest BCUT2D eigenvalue weighted by atomic mass is 9.98. The van der Waals surface area contributed by atoms with E-state index in [-0.39, 0.29) is 6.09 Å². The van der Waals surface area contributed by atoms with Crippen LogP contribution >= 0.6 is 0 Å². The number of likely N-dealkylation sites (tertiary alicyclic amines) is 2. The Hall–Kier alpha value is -1.46. The van der Waals surface area contributed by atoms with E-state index < -0.39 is 5.60 Å². The lowest BCUT2D eigenvalue weighted by Gasteiger charge is -2.35. The normalized spacial score (nSPS) is 23.1. The summed E-state index contributed by atoms with van der Waals surface area (Å²) in [5.74, 6) is 2.26. The van der Waals surface area contributed by atoms with Crippen molar-refractivity contribution >= 4 is 12.1 Å². The van der Waals surface area contributed by atoms with E-state index >= 15 is 0 Å². The Morgan fingerprint density at radius 2 is 1.85 bits per heavy atom. The molecule has 0 aromatic heterocycles. The van der Waals surface area contributed by atoms with Crippen molar-refractivity contribution in [3.05, 3.63) is 0 Å². The van der Waals surface area contributed by atoms with Gasteiger partial charge in [0.2, 0.25) is 0 Å². The highest BCUT2D eigenvalue weighted by Gasteiger charge is 2.28. The van der Waals surface area contributed by atoms with E-state index in [1.54, 1.807) is 0 Å². The molecule has 2 aliphatic rings. The fourth-order valence-electron chi connectivity index (χ4n) is 3.57. The molecule has 2 rings (SSSR count). The third kappa shape index (κ3) is 6.69. The van der Waals surface area contributed by atoms with Gasteiger partial charge in [-0.3, -0.25) is 4.99 Å². The van der Waals surface area contributed by atoms with E-state index in [1.165, 1.54) is 12.8 Å². The summed E-state index contributed by atoms with van der Waals surface area (Å²) >= 11 is 0. The van der Waals surface area contributed by atoms with E-state index in [1.807, 2.05) is 25.7 Å². The van der Waals surface area contributed by atoms with Gasteiger partial charge in [-0.25, -0.2) is 4.79 Å². The van der Waals surface area contributed by atoms with Crippen LogP contribution in [0.1, 0.15) is 60.3 Å². The lowest BCUT2D eigenvalue weighted by molar-refractivity contribution is 0.0170. The summed E-state index contributed by atoms with van der Waals surface area (Å²) in [6, 6.07) is 0. The van der Waals surface area contributed by atoms with Crippen LogP contribution in [0, 0.1) is 11.8 Å². The van der Waals surface area contributed by atoms with Crippen molar-refractivity contribution < 1.29 is 9.53 Å². The Kier molecular flexibility index (Phi) is 7.59. The molecule has 26 heavy (non-hydrogen) atoms. The second-order valence-corrected chi connectivity index (χ2v) is 8.80. The molecule has 2 fully saturated rings. The first-order chi connectivity index (χ1) is 12.3. The minimum atomic E-state index is -0.439. The molecule has 1 atom stereocenters. The highest BCUT2D eigenvalue weighted by atomic mass is 16.6. The van der Waals surface area contributed by atoms with Crippen molar-refractivity contribution in [3.8, 4) is 0 Å². The monoisotopic (exact) mass is 366 g/mol. The first-order valence-electron chi connectivity index (χ1n) is 10.3. The quantitative estimate of drug-likeness (QED) is 0.615. The summed E-state index contributed by atoms with van der Waals surface area (Å²) in [6.45, 7) is 15.6. The van der Waals surface area contributed by atoms with Gasteiger partial charge >= 0.3 is 6.09 Å². The van der Waals surface area contributed by atoms with Crippen molar-refractivity contribution in [3.63, 3.8) is 0 Å². The predicted molar refractivity (Wildman–Crippen MR) is 106 cm³/mol. The van der Waals surface area contributed by atoms with Gasteiger partial charge in [0.05, 0.1) is 0 Å². The summed E-state index contributed by atoms with van der Waals surface area (Å²) in [4.78, 5) is 21.5. The Morgan fingerprint density at radius 1 is 1.15 bits per heavy atom. The molecule has 0 aromatic rings. The number of hydrogen-bond donors (Lipinski definition) is 1. The van der Waals surface area contributed by atoms with E-state index in [4.69, 9.17) is 9.73 Å². The first kappa shape index (κ1) is 20.8. The number of ether oxygens (including phenoxy) is 1. The van der Waals surface area contributed by atoms with Gasteiger partial charge in [-0.2, -0.15) is 0 Å². The minimum absolute atomic E-state index is 0.192. The zero-order valence-corrected chi connectivity index (χ0v) is 17.4. The number of hydrogen-bond acceptors (Lipinski definition) is 3. The fraction of sp³-hybridized carbons (Fsp3) is 0.900. The molecule has 2 heterocycles. The van der Waals surface area contributed by atoms with E-state index in [2.05, 4.69) is 24.1 Å². The number of aliphatic imine (C=N–C) groups is 1. The minimum Gasteiger partial charge on any atom is -0.444 e. The van der Waals surface area contributed by atoms with Gasteiger partial charge < -0.3 is 19.9 Å². The summed E-state index contributed by atoms with van der Waals surface area (Å²) in [5.41, 5.74) is -0.439. The Morgan fingerprint density at radius 3 is 2.46 bits per heavy atom. The second kappa shape index (κ2) is 9.47. The van der Waals surface area contributed by atoms with Crippen molar-refractivity contribution in [1.82, 2.24) is 15.1 Å². The number of guanidine groups is 1. The Balaban J connectivity index is 1.90. The standard InChI is InChI=1S/C20H38N4O2/c1-6-21-18(23-12-9-16(2)10-13-23)22-14-17-8-7-11-24(15-17)19(25)26-20(3,4)5/h16-17H,6-15H2,1-5H3,(H,21,22). The van der Waals surface area contributed by atoms with E-state index in [0.717, 1.165) is 64.0 Å². The fourth-order valence-corrected chi connectivity index (χ4v) is 3.57. The van der Waals surface area contributed by atoms with E-state index in [9.17, 15) is 4.79 Å². The average Bonchev–Trinajstić information content (AvgIpc) is 2.58. The number of piperidine rings is 2. The van der Waals surface area contributed by atoms with Crippen LogP contribution in [0.3, 0.4) is 0 Å². The molecule has 0 saturated carbocycles. The molecular weight excluding hydrogens is 328 g/mol. The molecule has 0 aliphatic carbocycles. The predicted octanol–water partition coefficient (Wildman–Crippen LogP) is 3.33. The van der Waals surface area contributed by atoms with Crippen molar-refractivity contribution in [1.29, 1.82) is 0 Å².